The normalized spacial score (nSPS) is 17.3. The van der Waals surface area contributed by atoms with Gasteiger partial charge in [-0.1, -0.05) is 30.3 Å². The molecule has 1 saturated heterocycles. The topological polar surface area (TPSA) is 59.4 Å². The molecule has 0 bridgehead atoms. The summed E-state index contributed by atoms with van der Waals surface area (Å²) < 4.78 is 1.86. The smallest absolute Gasteiger partial charge is 0.220 e. The van der Waals surface area contributed by atoms with Gasteiger partial charge in [-0.25, -0.2) is 0 Å². The number of nitrogens with zero attached hydrogens (tertiary/aromatic N) is 3. The summed E-state index contributed by atoms with van der Waals surface area (Å²) in [5.74, 6) is 0.532. The highest BCUT2D eigenvalue weighted by molar-refractivity contribution is 5.76. The van der Waals surface area contributed by atoms with E-state index in [4.69, 9.17) is 4.84 Å². The lowest BCUT2D eigenvalue weighted by Crippen LogP contribution is -2.37. The van der Waals surface area contributed by atoms with Crippen molar-refractivity contribution in [2.45, 2.75) is 31.8 Å². The van der Waals surface area contributed by atoms with Crippen LogP contribution in [0.4, 0.5) is 0 Å². The lowest BCUT2D eigenvalue weighted by Gasteiger charge is -2.30. The Balaban J connectivity index is 1.59. The zero-order valence-corrected chi connectivity index (χ0v) is 14.7. The van der Waals surface area contributed by atoms with Crippen LogP contribution in [-0.2, 0) is 16.2 Å². The third kappa shape index (κ3) is 5.14. The molecule has 1 amide bonds. The van der Waals surface area contributed by atoms with E-state index in [-0.39, 0.29) is 11.9 Å². The number of carbonyl (C=O) groups excluding carboxylic acids is 1. The van der Waals surface area contributed by atoms with Gasteiger partial charge in [0.15, 0.2) is 0 Å². The molecule has 1 unspecified atom stereocenters. The molecule has 1 aliphatic heterocycles. The number of hydrogen-bond donors (Lipinski definition) is 1. The molecule has 3 rings (SSSR count). The van der Waals surface area contributed by atoms with Gasteiger partial charge in [0.25, 0.3) is 0 Å². The van der Waals surface area contributed by atoms with Crippen LogP contribution in [0, 0.1) is 5.92 Å². The number of carbonyl (C=O) groups is 1. The Labute approximate surface area is 148 Å². The van der Waals surface area contributed by atoms with Crippen LogP contribution in [0.1, 0.15) is 30.9 Å². The van der Waals surface area contributed by atoms with Crippen LogP contribution in [0.5, 0.6) is 0 Å². The fourth-order valence-electron chi connectivity index (χ4n) is 3.33. The molecule has 6 nitrogen and oxygen atoms in total. The van der Waals surface area contributed by atoms with Gasteiger partial charge in [-0.3, -0.25) is 9.48 Å². The van der Waals surface area contributed by atoms with E-state index in [1.54, 1.807) is 13.3 Å². The highest BCUT2D eigenvalue weighted by atomic mass is 16.7. The van der Waals surface area contributed by atoms with Crippen molar-refractivity contribution < 1.29 is 9.63 Å². The molecule has 0 spiro atoms. The minimum atomic E-state index is -0.0762. The third-order valence-electron chi connectivity index (χ3n) is 4.77. The second-order valence-electron chi connectivity index (χ2n) is 6.52. The summed E-state index contributed by atoms with van der Waals surface area (Å²) in [4.78, 5) is 17.8. The summed E-state index contributed by atoms with van der Waals surface area (Å²) in [7, 11) is 1.70. The number of piperidine rings is 1. The van der Waals surface area contributed by atoms with E-state index in [1.807, 2.05) is 52.3 Å². The molecule has 0 aliphatic carbocycles. The Morgan fingerprint density at radius 3 is 2.68 bits per heavy atom. The zero-order valence-electron chi connectivity index (χ0n) is 14.7. The summed E-state index contributed by atoms with van der Waals surface area (Å²) in [6.07, 6.45) is 6.24. The Kier molecular flexibility index (Phi) is 6.19. The molecule has 1 aromatic heterocycles. The van der Waals surface area contributed by atoms with Crippen molar-refractivity contribution in [3.8, 4) is 0 Å². The quantitative estimate of drug-likeness (QED) is 0.839. The predicted molar refractivity (Wildman–Crippen MR) is 95.5 cm³/mol. The minimum absolute atomic E-state index is 0.0762. The minimum Gasteiger partial charge on any atom is -0.347 e. The van der Waals surface area contributed by atoms with Crippen LogP contribution in [-0.4, -0.2) is 41.0 Å². The lowest BCUT2D eigenvalue weighted by atomic mass is 9.94. The summed E-state index contributed by atoms with van der Waals surface area (Å²) in [6, 6.07) is 11.9. The molecule has 6 heteroatoms. The molecule has 1 N–H and O–H groups in total. The SMILES string of the molecule is CON1CCC(CC(=O)NC(Cn2cccn2)c2ccccc2)CC1. The van der Waals surface area contributed by atoms with Crippen molar-refractivity contribution in [1.82, 2.24) is 20.2 Å². The van der Waals surface area contributed by atoms with Gasteiger partial charge in [-0.05, 0) is 30.4 Å². The zero-order chi connectivity index (χ0) is 17.5. The van der Waals surface area contributed by atoms with Crippen molar-refractivity contribution in [2.75, 3.05) is 20.2 Å². The lowest BCUT2D eigenvalue weighted by molar-refractivity contribution is -0.150. The Bertz CT molecular complexity index is 637. The molecule has 0 saturated carbocycles. The third-order valence-corrected chi connectivity index (χ3v) is 4.77. The van der Waals surface area contributed by atoms with Gasteiger partial charge < -0.3 is 10.2 Å². The van der Waals surface area contributed by atoms with E-state index in [1.165, 1.54) is 0 Å². The number of aromatic nitrogens is 2. The molecular formula is C19H26N4O2. The first-order valence-corrected chi connectivity index (χ1v) is 8.85. The van der Waals surface area contributed by atoms with Crippen LogP contribution in [0.2, 0.25) is 0 Å². The first kappa shape index (κ1) is 17.6. The Morgan fingerprint density at radius 1 is 1.28 bits per heavy atom. The average Bonchev–Trinajstić information content (AvgIpc) is 3.16. The summed E-state index contributed by atoms with van der Waals surface area (Å²) >= 11 is 0. The summed E-state index contributed by atoms with van der Waals surface area (Å²) in [6.45, 7) is 2.42. The van der Waals surface area contributed by atoms with Gasteiger partial charge in [0, 0.05) is 31.9 Å². The van der Waals surface area contributed by atoms with Crippen molar-refractivity contribution in [2.24, 2.45) is 5.92 Å². The van der Waals surface area contributed by atoms with Crippen LogP contribution in [0.25, 0.3) is 0 Å². The molecule has 25 heavy (non-hydrogen) atoms. The number of nitrogens with one attached hydrogen (secondary N) is 1. The molecule has 1 aromatic carbocycles. The van der Waals surface area contributed by atoms with Gasteiger partial charge in [0.05, 0.1) is 19.7 Å². The molecule has 2 heterocycles. The highest BCUT2D eigenvalue weighted by Crippen LogP contribution is 2.21. The fraction of sp³-hybridized carbons (Fsp3) is 0.474. The Hall–Kier alpha value is -2.18. The summed E-state index contributed by atoms with van der Waals surface area (Å²) in [5, 5.41) is 9.42. The fourth-order valence-corrected chi connectivity index (χ4v) is 3.33. The van der Waals surface area contributed by atoms with E-state index < -0.39 is 0 Å². The van der Waals surface area contributed by atoms with Gasteiger partial charge in [0.2, 0.25) is 5.91 Å². The van der Waals surface area contributed by atoms with E-state index in [0.29, 0.717) is 18.9 Å². The second kappa shape index (κ2) is 8.78. The van der Waals surface area contributed by atoms with Crippen LogP contribution in [0.15, 0.2) is 48.8 Å². The second-order valence-corrected chi connectivity index (χ2v) is 6.52. The number of amides is 1. The van der Waals surface area contributed by atoms with Crippen LogP contribution < -0.4 is 5.32 Å². The molecule has 1 atom stereocenters. The predicted octanol–water partition coefficient (Wildman–Crippen LogP) is 2.40. The van der Waals surface area contributed by atoms with Gasteiger partial charge >= 0.3 is 0 Å². The van der Waals surface area contributed by atoms with Crippen LogP contribution >= 0.6 is 0 Å². The molecule has 1 aliphatic rings. The van der Waals surface area contributed by atoms with Crippen LogP contribution in [0.3, 0.4) is 0 Å². The van der Waals surface area contributed by atoms with Gasteiger partial charge in [0.1, 0.15) is 0 Å². The number of rotatable bonds is 7. The molecule has 134 valence electrons. The number of hydrogen-bond acceptors (Lipinski definition) is 4. The van der Waals surface area contributed by atoms with E-state index in [0.717, 1.165) is 31.5 Å². The Morgan fingerprint density at radius 2 is 2.04 bits per heavy atom. The van der Waals surface area contributed by atoms with Crippen molar-refractivity contribution in [1.29, 1.82) is 0 Å². The first-order valence-electron chi connectivity index (χ1n) is 8.85. The van der Waals surface area contributed by atoms with Crippen molar-refractivity contribution in [3.63, 3.8) is 0 Å². The molecule has 0 radical (unpaired) electrons. The van der Waals surface area contributed by atoms with Gasteiger partial charge in [-0.2, -0.15) is 10.2 Å². The first-order chi connectivity index (χ1) is 12.2. The highest BCUT2D eigenvalue weighted by Gasteiger charge is 2.23. The largest absolute Gasteiger partial charge is 0.347 e. The number of benzene rings is 1. The number of hydroxylamine groups is 2. The van der Waals surface area contributed by atoms with E-state index in [9.17, 15) is 4.79 Å². The average molecular weight is 342 g/mol. The van der Waals surface area contributed by atoms with E-state index in [2.05, 4.69) is 10.4 Å². The molecule has 1 fully saturated rings. The van der Waals surface area contributed by atoms with E-state index >= 15 is 0 Å². The summed E-state index contributed by atoms with van der Waals surface area (Å²) in [5.41, 5.74) is 1.10. The standard InChI is InChI=1S/C19H26N4O2/c1-25-23-12-8-16(9-13-23)14-19(24)21-18(15-22-11-5-10-20-22)17-6-3-2-4-7-17/h2-7,10-11,16,18H,8-9,12-15H2,1H3,(H,21,24). The maximum absolute atomic E-state index is 12.6. The van der Waals surface area contributed by atoms with Gasteiger partial charge in [-0.15, -0.1) is 0 Å². The van der Waals surface area contributed by atoms with Crippen molar-refractivity contribution in [3.05, 3.63) is 54.4 Å². The maximum atomic E-state index is 12.6. The monoisotopic (exact) mass is 342 g/mol. The maximum Gasteiger partial charge on any atom is 0.220 e. The molecular weight excluding hydrogens is 316 g/mol. The molecule has 2 aromatic rings. The van der Waals surface area contributed by atoms with Crippen molar-refractivity contribution >= 4 is 5.91 Å².